The third kappa shape index (κ3) is 7.07. The predicted octanol–water partition coefficient (Wildman–Crippen LogP) is 2.99. The number of sulfone groups is 1. The van der Waals surface area contributed by atoms with E-state index in [0.717, 1.165) is 16.7 Å². The highest BCUT2D eigenvalue weighted by Gasteiger charge is 2.40. The Balaban J connectivity index is 1.60. The Morgan fingerprint density at radius 1 is 1.02 bits per heavy atom. The largest absolute Gasteiger partial charge is 0.493 e. The van der Waals surface area contributed by atoms with E-state index in [-0.39, 0.29) is 17.1 Å². The zero-order valence-corrected chi connectivity index (χ0v) is 24.3. The molecule has 3 atom stereocenters. The van der Waals surface area contributed by atoms with Gasteiger partial charge in [-0.1, -0.05) is 50.2 Å². The number of nitrogens with zero attached hydrogens (tertiary/aromatic N) is 2. The second-order valence-electron chi connectivity index (χ2n) is 10.3. The Hall–Kier alpha value is -3.28. The number of rotatable bonds is 12. The van der Waals surface area contributed by atoms with Gasteiger partial charge in [0.1, 0.15) is 5.75 Å². The van der Waals surface area contributed by atoms with Gasteiger partial charge in [-0.05, 0) is 59.7 Å². The third-order valence-corrected chi connectivity index (χ3v) is 10.7. The number of pyridine rings is 1. The number of carbonyl (C=O) groups is 1. The van der Waals surface area contributed by atoms with Crippen molar-refractivity contribution in [2.45, 2.75) is 44.2 Å². The molecule has 0 spiro atoms. The summed E-state index contributed by atoms with van der Waals surface area (Å²) in [6, 6.07) is 17.4. The molecule has 0 radical (unpaired) electrons. The summed E-state index contributed by atoms with van der Waals surface area (Å²) in [7, 11) is -8.11. The standard InChI is InChI=1S/C29H35N3O6S2/c1-21(17-23-7-4-3-5-8-23)28(30)32(40(36,37)26-10-11-27-25(18-26)12-15-38-27)29(33)22(2)20-39(34,35)16-13-24-9-6-14-31-19-24/h3-11,14,18-19,21-22,28H,12-13,15-17,20,30H2,1-2H3/t21-,22?,28-/m0/s1. The first kappa shape index (κ1) is 29.7. The van der Waals surface area contributed by atoms with Crippen LogP contribution in [0.3, 0.4) is 0 Å². The molecule has 9 nitrogen and oxygen atoms in total. The van der Waals surface area contributed by atoms with E-state index >= 15 is 0 Å². The van der Waals surface area contributed by atoms with Crippen molar-refractivity contribution in [3.63, 3.8) is 0 Å². The molecular formula is C29H35N3O6S2. The lowest BCUT2D eigenvalue weighted by Crippen LogP contribution is -2.55. The Bertz CT molecular complexity index is 1530. The summed E-state index contributed by atoms with van der Waals surface area (Å²) < 4.78 is 60.1. The lowest BCUT2D eigenvalue weighted by molar-refractivity contribution is -0.131. The molecule has 2 N–H and O–H groups in total. The minimum Gasteiger partial charge on any atom is -0.493 e. The first-order valence-corrected chi connectivity index (χ1v) is 16.5. The van der Waals surface area contributed by atoms with Gasteiger partial charge in [0, 0.05) is 18.8 Å². The molecule has 0 aliphatic carbocycles. The molecule has 1 unspecified atom stereocenters. The molecular weight excluding hydrogens is 550 g/mol. The van der Waals surface area contributed by atoms with Crippen LogP contribution in [0.1, 0.15) is 30.5 Å². The second-order valence-corrected chi connectivity index (χ2v) is 14.3. The van der Waals surface area contributed by atoms with Crippen molar-refractivity contribution in [2.75, 3.05) is 18.1 Å². The molecule has 4 rings (SSSR count). The van der Waals surface area contributed by atoms with E-state index < -0.39 is 49.5 Å². The van der Waals surface area contributed by atoms with E-state index in [4.69, 9.17) is 10.5 Å². The molecule has 1 aliphatic heterocycles. The van der Waals surface area contributed by atoms with Crippen molar-refractivity contribution in [1.82, 2.24) is 9.29 Å². The highest BCUT2D eigenvalue weighted by Crippen LogP contribution is 2.31. The summed E-state index contributed by atoms with van der Waals surface area (Å²) >= 11 is 0. The molecule has 1 aliphatic rings. The van der Waals surface area contributed by atoms with Crippen LogP contribution in [0.4, 0.5) is 0 Å². The lowest BCUT2D eigenvalue weighted by atomic mass is 9.98. The first-order chi connectivity index (χ1) is 19.0. The number of amides is 1. The monoisotopic (exact) mass is 585 g/mol. The van der Waals surface area contributed by atoms with E-state index in [1.165, 1.54) is 19.1 Å². The van der Waals surface area contributed by atoms with E-state index in [0.29, 0.717) is 29.5 Å². The maximum Gasteiger partial charge on any atom is 0.267 e. The van der Waals surface area contributed by atoms with Crippen LogP contribution in [0.2, 0.25) is 0 Å². The maximum atomic E-state index is 14.0. The van der Waals surface area contributed by atoms with Crippen molar-refractivity contribution in [2.24, 2.45) is 17.6 Å². The minimum absolute atomic E-state index is 0.0842. The number of aromatic nitrogens is 1. The smallest absolute Gasteiger partial charge is 0.267 e. The van der Waals surface area contributed by atoms with Crippen LogP contribution in [-0.4, -0.2) is 56.3 Å². The normalized spacial score (nSPS) is 15.5. The molecule has 11 heteroatoms. The SMILES string of the molecule is CC(CS(=O)(=O)CCc1cccnc1)C(=O)N([C@H](N)[C@@H](C)Cc1ccccc1)S(=O)(=O)c1ccc2c(c1)CCO2. The fraction of sp³-hybridized carbons (Fsp3) is 0.379. The quantitative estimate of drug-likeness (QED) is 0.321. The molecule has 3 aromatic rings. The number of benzene rings is 2. The molecule has 1 aromatic heterocycles. The summed E-state index contributed by atoms with van der Waals surface area (Å²) in [6.07, 6.45) is 3.19. The van der Waals surface area contributed by atoms with E-state index in [9.17, 15) is 21.6 Å². The summed E-state index contributed by atoms with van der Waals surface area (Å²) in [5.74, 6) is -2.53. The highest BCUT2D eigenvalue weighted by molar-refractivity contribution is 7.91. The van der Waals surface area contributed by atoms with Crippen LogP contribution in [0.15, 0.2) is 78.0 Å². The molecule has 0 saturated heterocycles. The topological polar surface area (TPSA) is 137 Å². The fourth-order valence-corrected chi connectivity index (χ4v) is 8.09. The average Bonchev–Trinajstić information content (AvgIpc) is 3.41. The Morgan fingerprint density at radius 2 is 1.75 bits per heavy atom. The highest BCUT2D eigenvalue weighted by atomic mass is 32.2. The van der Waals surface area contributed by atoms with Gasteiger partial charge >= 0.3 is 0 Å². The number of ether oxygens (including phenoxy) is 1. The van der Waals surface area contributed by atoms with E-state index in [1.54, 1.807) is 37.5 Å². The van der Waals surface area contributed by atoms with Gasteiger partial charge in [-0.25, -0.2) is 21.1 Å². The molecule has 0 saturated carbocycles. The fourth-order valence-electron chi connectivity index (χ4n) is 4.77. The zero-order chi connectivity index (χ0) is 28.9. The Kier molecular flexibility index (Phi) is 9.27. The molecule has 1 amide bonds. The minimum atomic E-state index is -4.41. The van der Waals surface area contributed by atoms with Crippen molar-refractivity contribution >= 4 is 25.8 Å². The van der Waals surface area contributed by atoms with Gasteiger partial charge in [-0.2, -0.15) is 0 Å². The van der Waals surface area contributed by atoms with Gasteiger partial charge in [0.15, 0.2) is 9.84 Å². The number of aryl methyl sites for hydroxylation is 1. The second kappa shape index (κ2) is 12.5. The van der Waals surface area contributed by atoms with Crippen LogP contribution in [0.5, 0.6) is 5.75 Å². The van der Waals surface area contributed by atoms with E-state index in [1.807, 2.05) is 30.3 Å². The van der Waals surface area contributed by atoms with Gasteiger partial charge in [0.25, 0.3) is 10.0 Å². The molecule has 2 heterocycles. The van der Waals surface area contributed by atoms with Gasteiger partial charge < -0.3 is 10.5 Å². The number of hydrogen-bond acceptors (Lipinski definition) is 8. The first-order valence-electron chi connectivity index (χ1n) is 13.2. The third-order valence-electron chi connectivity index (χ3n) is 7.04. The number of nitrogens with two attached hydrogens (primary N) is 1. The molecule has 0 bridgehead atoms. The summed E-state index contributed by atoms with van der Waals surface area (Å²) in [4.78, 5) is 17.7. The summed E-state index contributed by atoms with van der Waals surface area (Å²) in [5, 5.41) is 0. The van der Waals surface area contributed by atoms with Crippen LogP contribution in [0.25, 0.3) is 0 Å². The molecule has 40 heavy (non-hydrogen) atoms. The molecule has 0 fully saturated rings. The number of hydrogen-bond donors (Lipinski definition) is 1. The lowest BCUT2D eigenvalue weighted by Gasteiger charge is -2.34. The van der Waals surface area contributed by atoms with Crippen molar-refractivity contribution < 1.29 is 26.4 Å². The predicted molar refractivity (Wildman–Crippen MR) is 153 cm³/mol. The molecule has 214 valence electrons. The van der Waals surface area contributed by atoms with Crippen LogP contribution in [0, 0.1) is 11.8 Å². The van der Waals surface area contributed by atoms with Gasteiger partial charge in [-0.15, -0.1) is 0 Å². The Labute approximate surface area is 236 Å². The van der Waals surface area contributed by atoms with Crippen LogP contribution in [-0.2, 0) is 43.9 Å². The molecule has 2 aromatic carbocycles. The number of fused-ring (bicyclic) bond motifs is 1. The van der Waals surface area contributed by atoms with Gasteiger partial charge in [-0.3, -0.25) is 9.78 Å². The summed E-state index contributed by atoms with van der Waals surface area (Å²) in [5.41, 5.74) is 8.95. The average molecular weight is 586 g/mol. The van der Waals surface area contributed by atoms with Gasteiger partial charge in [0.2, 0.25) is 5.91 Å². The van der Waals surface area contributed by atoms with Gasteiger partial charge in [0.05, 0.1) is 35.1 Å². The zero-order valence-electron chi connectivity index (χ0n) is 22.6. The Morgan fingerprint density at radius 3 is 2.45 bits per heavy atom. The number of sulfonamides is 1. The van der Waals surface area contributed by atoms with E-state index in [2.05, 4.69) is 4.98 Å². The van der Waals surface area contributed by atoms with Crippen LogP contribution >= 0.6 is 0 Å². The maximum absolute atomic E-state index is 14.0. The van der Waals surface area contributed by atoms with Crippen molar-refractivity contribution in [3.8, 4) is 5.75 Å². The van der Waals surface area contributed by atoms with Crippen molar-refractivity contribution in [3.05, 3.63) is 89.7 Å². The summed E-state index contributed by atoms with van der Waals surface area (Å²) in [6.45, 7) is 3.65. The van der Waals surface area contributed by atoms with Crippen LogP contribution < -0.4 is 10.5 Å². The van der Waals surface area contributed by atoms with Crippen molar-refractivity contribution in [1.29, 1.82) is 0 Å². The number of carbonyl (C=O) groups excluding carboxylic acids is 1.